The molecule has 4 nitrogen and oxygen atoms in total. The molecule has 0 saturated heterocycles. The number of aromatic nitrogens is 3. The van der Waals surface area contributed by atoms with E-state index >= 15 is 0 Å². The number of Topliss-reactive ketones (excluding diaryl/α,β-unsaturated/α-hetero) is 1. The Morgan fingerprint density at radius 3 is 2.90 bits per heavy atom. The second-order valence-electron chi connectivity index (χ2n) is 1.51. The molecule has 0 aliphatic heterocycles. The van der Waals surface area contributed by atoms with Crippen molar-refractivity contribution >= 4 is 17.4 Å². The summed E-state index contributed by atoms with van der Waals surface area (Å²) in [6.07, 6.45) is -0.881. The van der Waals surface area contributed by atoms with Crippen molar-refractivity contribution in [2.75, 3.05) is 5.88 Å². The van der Waals surface area contributed by atoms with Crippen LogP contribution in [0.1, 0.15) is 10.6 Å². The number of H-pyrrole nitrogens is 1. The van der Waals surface area contributed by atoms with Gasteiger partial charge in [-0.05, 0) is 0 Å². The van der Waals surface area contributed by atoms with Gasteiger partial charge in [0, 0.05) is 0 Å². The first kappa shape index (κ1) is 7.14. The summed E-state index contributed by atoms with van der Waals surface area (Å²) in [6, 6.07) is 0. The maximum absolute atomic E-state index is 12.0. The molecular weight excluding hydrogens is 161 g/mol. The first-order chi connectivity index (χ1) is 4.74. The van der Waals surface area contributed by atoms with Gasteiger partial charge in [-0.3, -0.25) is 4.79 Å². The molecule has 1 aromatic rings. The fourth-order valence-corrected chi connectivity index (χ4v) is 0.546. The summed E-state index contributed by atoms with van der Waals surface area (Å²) in [5.41, 5.74) is 0. The van der Waals surface area contributed by atoms with Crippen molar-refractivity contribution in [3.63, 3.8) is 0 Å². The summed E-state index contributed by atoms with van der Waals surface area (Å²) in [4.78, 5) is 13.7. The number of nitrogens with zero attached hydrogens (tertiary/aromatic N) is 2. The van der Waals surface area contributed by atoms with Gasteiger partial charge in [0.15, 0.2) is 0 Å². The number of nitrogens with one attached hydrogen (secondary N) is 1. The average Bonchev–Trinajstić information content (AvgIpc) is 2.34. The van der Waals surface area contributed by atoms with Gasteiger partial charge in [-0.2, -0.15) is 9.37 Å². The lowest BCUT2D eigenvalue weighted by Crippen LogP contribution is -2.02. The molecule has 10 heavy (non-hydrogen) atoms. The molecule has 0 aliphatic carbocycles. The van der Waals surface area contributed by atoms with Gasteiger partial charge in [0.25, 0.3) is 0 Å². The normalized spacial score (nSPS) is 9.80. The van der Waals surface area contributed by atoms with Gasteiger partial charge in [0.05, 0.1) is 5.88 Å². The van der Waals surface area contributed by atoms with Gasteiger partial charge in [0.2, 0.25) is 11.6 Å². The van der Waals surface area contributed by atoms with Crippen molar-refractivity contribution in [2.45, 2.75) is 0 Å². The lowest BCUT2D eigenvalue weighted by atomic mass is 10.4. The van der Waals surface area contributed by atoms with Crippen molar-refractivity contribution in [1.82, 2.24) is 15.2 Å². The van der Waals surface area contributed by atoms with E-state index in [9.17, 15) is 9.18 Å². The molecule has 0 aromatic carbocycles. The number of halogens is 2. The molecule has 0 radical (unpaired) electrons. The molecule has 0 unspecified atom stereocenters. The standard InChI is InChI=1S/C4H3ClFN3O/c5-1-2(10)3-7-4(6)9-8-3/h1H2,(H,7,8,9). The predicted molar refractivity (Wildman–Crippen MR) is 31.4 cm³/mol. The van der Waals surface area contributed by atoms with Crippen LogP contribution in [0.2, 0.25) is 0 Å². The highest BCUT2D eigenvalue weighted by Gasteiger charge is 2.09. The largest absolute Gasteiger partial charge is 0.305 e. The van der Waals surface area contributed by atoms with Gasteiger partial charge in [0.1, 0.15) is 0 Å². The van der Waals surface area contributed by atoms with E-state index in [1.165, 1.54) is 0 Å². The zero-order chi connectivity index (χ0) is 7.56. The summed E-state index contributed by atoms with van der Waals surface area (Å²) in [5, 5.41) is 5.12. The third-order valence-corrected chi connectivity index (χ3v) is 1.07. The van der Waals surface area contributed by atoms with E-state index in [1.54, 1.807) is 0 Å². The number of hydrogen-bond acceptors (Lipinski definition) is 3. The van der Waals surface area contributed by atoms with Gasteiger partial charge in [-0.15, -0.1) is 16.7 Å². The van der Waals surface area contributed by atoms with E-state index in [2.05, 4.69) is 10.1 Å². The van der Waals surface area contributed by atoms with Crippen LogP contribution in [0.3, 0.4) is 0 Å². The summed E-state index contributed by atoms with van der Waals surface area (Å²) in [5.74, 6) is -0.952. The monoisotopic (exact) mass is 163 g/mol. The number of hydrogen-bond donors (Lipinski definition) is 1. The predicted octanol–water partition coefficient (Wildman–Crippen LogP) is 0.365. The first-order valence-electron chi connectivity index (χ1n) is 2.41. The molecule has 1 aromatic heterocycles. The zero-order valence-electron chi connectivity index (χ0n) is 4.77. The van der Waals surface area contributed by atoms with Gasteiger partial charge >= 0.3 is 6.08 Å². The highest BCUT2D eigenvalue weighted by atomic mass is 35.5. The number of aromatic amines is 1. The van der Waals surface area contributed by atoms with Crippen LogP contribution in [-0.2, 0) is 0 Å². The quantitative estimate of drug-likeness (QED) is 0.506. The smallest absolute Gasteiger partial charge is 0.289 e. The Balaban J connectivity index is 2.85. The number of rotatable bonds is 2. The summed E-state index contributed by atoms with van der Waals surface area (Å²) in [6.45, 7) is 0. The molecule has 6 heteroatoms. The highest BCUT2D eigenvalue weighted by molar-refractivity contribution is 6.29. The van der Waals surface area contributed by atoms with Gasteiger partial charge in [-0.25, -0.2) is 5.10 Å². The zero-order valence-corrected chi connectivity index (χ0v) is 5.52. The van der Waals surface area contributed by atoms with Crippen molar-refractivity contribution in [2.24, 2.45) is 0 Å². The Bertz CT molecular complexity index is 248. The molecule has 0 spiro atoms. The number of carbonyl (C=O) groups is 1. The van der Waals surface area contributed by atoms with Gasteiger partial charge < -0.3 is 0 Å². The van der Waals surface area contributed by atoms with Crippen LogP contribution in [0.15, 0.2) is 0 Å². The maximum Gasteiger partial charge on any atom is 0.305 e. The Morgan fingerprint density at radius 1 is 1.80 bits per heavy atom. The number of alkyl halides is 1. The van der Waals surface area contributed by atoms with Gasteiger partial charge in [-0.1, -0.05) is 0 Å². The third kappa shape index (κ3) is 1.30. The van der Waals surface area contributed by atoms with Crippen molar-refractivity contribution in [3.05, 3.63) is 11.9 Å². The van der Waals surface area contributed by atoms with E-state index in [1.807, 2.05) is 5.10 Å². The van der Waals surface area contributed by atoms with Crippen LogP contribution < -0.4 is 0 Å². The van der Waals surface area contributed by atoms with Crippen LogP contribution in [0.5, 0.6) is 0 Å². The van der Waals surface area contributed by atoms with Crippen molar-refractivity contribution in [3.8, 4) is 0 Å². The van der Waals surface area contributed by atoms with Crippen LogP contribution in [0.25, 0.3) is 0 Å². The van der Waals surface area contributed by atoms with Crippen LogP contribution in [0.4, 0.5) is 4.39 Å². The van der Waals surface area contributed by atoms with E-state index in [0.29, 0.717) is 0 Å². The molecule has 1 heterocycles. The maximum atomic E-state index is 12.0. The second kappa shape index (κ2) is 2.74. The van der Waals surface area contributed by atoms with Crippen LogP contribution in [0, 0.1) is 6.08 Å². The SMILES string of the molecule is O=C(CCl)c1n[nH]c(F)n1. The molecule has 0 saturated carbocycles. The molecule has 1 rings (SSSR count). The number of ketones is 1. The fraction of sp³-hybridized carbons (Fsp3) is 0.250. The molecule has 0 aliphatic rings. The minimum Gasteiger partial charge on any atom is -0.289 e. The van der Waals surface area contributed by atoms with E-state index in [-0.39, 0.29) is 11.7 Å². The second-order valence-corrected chi connectivity index (χ2v) is 1.77. The lowest BCUT2D eigenvalue weighted by molar-refractivity contribution is 0.101. The Hall–Kier alpha value is -0.970. The summed E-state index contributed by atoms with van der Waals surface area (Å²) >= 11 is 5.13. The Morgan fingerprint density at radius 2 is 2.50 bits per heavy atom. The third-order valence-electron chi connectivity index (χ3n) is 0.829. The molecule has 0 amide bonds. The molecule has 0 fully saturated rings. The van der Waals surface area contributed by atoms with E-state index in [4.69, 9.17) is 11.6 Å². The lowest BCUT2D eigenvalue weighted by Gasteiger charge is -1.81. The average molecular weight is 164 g/mol. The van der Waals surface area contributed by atoms with Crippen molar-refractivity contribution in [1.29, 1.82) is 0 Å². The summed E-state index contributed by atoms with van der Waals surface area (Å²) in [7, 11) is 0. The summed E-state index contributed by atoms with van der Waals surface area (Å²) < 4.78 is 12.0. The van der Waals surface area contributed by atoms with Crippen LogP contribution in [-0.4, -0.2) is 26.8 Å². The highest BCUT2D eigenvalue weighted by Crippen LogP contribution is 1.93. The number of carbonyl (C=O) groups excluding carboxylic acids is 1. The van der Waals surface area contributed by atoms with E-state index < -0.39 is 11.9 Å². The van der Waals surface area contributed by atoms with E-state index in [0.717, 1.165) is 0 Å². The minimum atomic E-state index is -0.881. The fourth-order valence-electron chi connectivity index (χ4n) is 0.427. The Kier molecular flexibility index (Phi) is 1.96. The molecular formula is C4H3ClFN3O. The van der Waals surface area contributed by atoms with Crippen molar-refractivity contribution < 1.29 is 9.18 Å². The minimum absolute atomic E-state index is 0.215. The molecule has 54 valence electrons. The van der Waals surface area contributed by atoms with Crippen LogP contribution >= 0.6 is 11.6 Å². The molecule has 1 N–H and O–H groups in total. The topological polar surface area (TPSA) is 58.6 Å². The Labute approximate surface area is 60.4 Å². The molecule has 0 bridgehead atoms. The molecule has 0 atom stereocenters. The first-order valence-corrected chi connectivity index (χ1v) is 2.94.